The monoisotopic (exact) mass is 487 g/mol. The van der Waals surface area contributed by atoms with E-state index < -0.39 is 17.0 Å². The molecular weight excluding hydrogens is 465 g/mol. The number of anilines is 2. The van der Waals surface area contributed by atoms with Crippen LogP contribution in [0.15, 0.2) is 89.5 Å². The first-order valence-electron chi connectivity index (χ1n) is 11.0. The molecule has 1 aliphatic heterocycles. The van der Waals surface area contributed by atoms with Crippen LogP contribution in [0.25, 0.3) is 0 Å². The van der Waals surface area contributed by atoms with E-state index in [2.05, 4.69) is 5.32 Å². The molecule has 1 aliphatic rings. The van der Waals surface area contributed by atoms with Crippen LogP contribution >= 0.6 is 11.8 Å². The third kappa shape index (κ3) is 5.36. The molecule has 0 aromatic heterocycles. The molecule has 1 unspecified atom stereocenters. The Morgan fingerprint density at radius 3 is 2.43 bits per heavy atom. The lowest BCUT2D eigenvalue weighted by molar-refractivity contribution is -0.117. The fraction of sp³-hybridized carbons (Fsp3) is 0.148. The third-order valence-electron chi connectivity index (χ3n) is 5.31. The van der Waals surface area contributed by atoms with Crippen molar-refractivity contribution in [3.63, 3.8) is 0 Å². The van der Waals surface area contributed by atoms with Gasteiger partial charge in [-0.3, -0.25) is 14.5 Å². The summed E-state index contributed by atoms with van der Waals surface area (Å²) in [6.45, 7) is 2.36. The van der Waals surface area contributed by atoms with Crippen LogP contribution in [0.4, 0.5) is 15.8 Å². The minimum Gasteiger partial charge on any atom is -0.494 e. The molecule has 0 aliphatic carbocycles. The predicted molar refractivity (Wildman–Crippen MR) is 134 cm³/mol. The molecule has 3 aromatic rings. The van der Waals surface area contributed by atoms with Crippen molar-refractivity contribution in [2.75, 3.05) is 16.8 Å². The molecule has 8 heteroatoms. The van der Waals surface area contributed by atoms with Crippen LogP contribution in [0, 0.1) is 17.1 Å². The van der Waals surface area contributed by atoms with E-state index in [0.29, 0.717) is 29.3 Å². The van der Waals surface area contributed by atoms with Crippen molar-refractivity contribution in [1.29, 1.82) is 5.26 Å². The molecular formula is C27H22FN3O3S. The number of rotatable bonds is 7. The van der Waals surface area contributed by atoms with E-state index in [-0.39, 0.29) is 22.9 Å². The summed E-state index contributed by atoms with van der Waals surface area (Å²) < 4.78 is 19.8. The summed E-state index contributed by atoms with van der Waals surface area (Å²) in [7, 11) is 0. The number of ether oxygens (including phenoxy) is 1. The average molecular weight is 488 g/mol. The van der Waals surface area contributed by atoms with Gasteiger partial charge < -0.3 is 10.1 Å². The maximum atomic E-state index is 14.3. The van der Waals surface area contributed by atoms with Crippen LogP contribution in [0.3, 0.4) is 0 Å². The molecule has 6 nitrogen and oxygen atoms in total. The Bertz CT molecular complexity index is 1300. The van der Waals surface area contributed by atoms with Crippen molar-refractivity contribution >= 4 is 35.0 Å². The van der Waals surface area contributed by atoms with E-state index in [0.717, 1.165) is 11.8 Å². The Morgan fingerprint density at radius 2 is 1.77 bits per heavy atom. The molecule has 0 bridgehead atoms. The molecule has 1 saturated heterocycles. The molecule has 35 heavy (non-hydrogen) atoms. The Balaban J connectivity index is 1.73. The standard InChI is InChI=1S/C27H22FN3O3S/c1-2-34-21-14-12-20(13-15-21)31-26(33)24(16-18-8-6-7-11-23(18)28)35-27(31)22(17-29)25(32)30-19-9-4-3-5-10-19/h3-15,24H,2,16H2,1H3,(H,30,32)/b27-22-. The number of carbonyl (C=O) groups is 2. The van der Waals surface area contributed by atoms with Gasteiger partial charge in [-0.1, -0.05) is 48.2 Å². The Kier molecular flexibility index (Phi) is 7.48. The molecule has 1 heterocycles. The summed E-state index contributed by atoms with van der Waals surface area (Å²) in [6, 6.07) is 23.8. The van der Waals surface area contributed by atoms with Crippen molar-refractivity contribution < 1.29 is 18.7 Å². The first-order chi connectivity index (χ1) is 17.0. The smallest absolute Gasteiger partial charge is 0.269 e. The SMILES string of the molecule is CCOc1ccc(N2C(=O)C(Cc3ccccc3F)S/C2=C(/C#N)C(=O)Nc2ccccc2)cc1. The minimum absolute atomic E-state index is 0.117. The van der Waals surface area contributed by atoms with Crippen LogP contribution in [0.5, 0.6) is 5.75 Å². The van der Waals surface area contributed by atoms with Gasteiger partial charge in [0.1, 0.15) is 28.2 Å². The van der Waals surface area contributed by atoms with Gasteiger partial charge in [0.25, 0.3) is 5.91 Å². The second kappa shape index (κ2) is 10.9. The Morgan fingerprint density at radius 1 is 1.09 bits per heavy atom. The zero-order valence-corrected chi connectivity index (χ0v) is 19.7. The molecule has 0 spiro atoms. The van der Waals surface area contributed by atoms with E-state index in [1.54, 1.807) is 66.7 Å². The van der Waals surface area contributed by atoms with Gasteiger partial charge in [0.15, 0.2) is 0 Å². The lowest BCUT2D eigenvalue weighted by Crippen LogP contribution is -2.31. The number of carbonyl (C=O) groups excluding carboxylic acids is 2. The van der Waals surface area contributed by atoms with Crippen LogP contribution in [-0.4, -0.2) is 23.7 Å². The van der Waals surface area contributed by atoms with E-state index in [4.69, 9.17) is 4.74 Å². The summed E-state index contributed by atoms with van der Waals surface area (Å²) in [6.07, 6.45) is 0.117. The molecule has 1 N–H and O–H groups in total. The number of hydrogen-bond acceptors (Lipinski definition) is 5. The van der Waals surface area contributed by atoms with Gasteiger partial charge in [0, 0.05) is 11.4 Å². The van der Waals surface area contributed by atoms with Crippen molar-refractivity contribution in [2.45, 2.75) is 18.6 Å². The normalized spacial score (nSPS) is 16.5. The summed E-state index contributed by atoms with van der Waals surface area (Å²) in [5.74, 6) is -0.742. The summed E-state index contributed by atoms with van der Waals surface area (Å²) in [5, 5.41) is 12.1. The predicted octanol–water partition coefficient (Wildman–Crippen LogP) is 5.29. The lowest BCUT2D eigenvalue weighted by Gasteiger charge is -2.19. The number of halogens is 1. The Labute approximate surface area is 207 Å². The molecule has 1 atom stereocenters. The van der Waals surface area contributed by atoms with Crippen molar-refractivity contribution in [3.8, 4) is 11.8 Å². The molecule has 176 valence electrons. The van der Waals surface area contributed by atoms with Gasteiger partial charge in [-0.15, -0.1) is 0 Å². The summed E-state index contributed by atoms with van der Waals surface area (Å²) in [5.41, 5.74) is 1.20. The number of para-hydroxylation sites is 1. The van der Waals surface area contributed by atoms with E-state index in [1.165, 1.54) is 11.0 Å². The van der Waals surface area contributed by atoms with E-state index >= 15 is 0 Å². The highest BCUT2D eigenvalue weighted by Crippen LogP contribution is 2.42. The van der Waals surface area contributed by atoms with Crippen LogP contribution < -0.4 is 15.0 Å². The number of hydrogen-bond donors (Lipinski definition) is 1. The van der Waals surface area contributed by atoms with Crippen molar-refractivity contribution in [3.05, 3.63) is 101 Å². The summed E-state index contributed by atoms with van der Waals surface area (Å²) >= 11 is 1.09. The van der Waals surface area contributed by atoms with E-state index in [1.807, 2.05) is 19.1 Å². The van der Waals surface area contributed by atoms with Gasteiger partial charge in [0.2, 0.25) is 5.91 Å². The number of thioether (sulfide) groups is 1. The molecule has 0 saturated carbocycles. The highest BCUT2D eigenvalue weighted by Gasteiger charge is 2.41. The molecule has 2 amide bonds. The van der Waals surface area contributed by atoms with Crippen molar-refractivity contribution in [1.82, 2.24) is 0 Å². The average Bonchev–Trinajstić information content (AvgIpc) is 3.17. The van der Waals surface area contributed by atoms with Gasteiger partial charge in [-0.2, -0.15) is 5.26 Å². The third-order valence-corrected chi connectivity index (χ3v) is 6.57. The van der Waals surface area contributed by atoms with Gasteiger partial charge >= 0.3 is 0 Å². The van der Waals surface area contributed by atoms with Crippen LogP contribution in [-0.2, 0) is 16.0 Å². The first kappa shape index (κ1) is 24.0. The maximum absolute atomic E-state index is 14.3. The fourth-order valence-electron chi connectivity index (χ4n) is 3.66. The van der Waals surface area contributed by atoms with Gasteiger partial charge in [0.05, 0.1) is 11.9 Å². The zero-order chi connectivity index (χ0) is 24.8. The second-order valence-corrected chi connectivity index (χ2v) is 8.81. The Hall–Kier alpha value is -4.09. The topological polar surface area (TPSA) is 82.4 Å². The minimum atomic E-state index is -0.707. The van der Waals surface area contributed by atoms with Gasteiger partial charge in [-0.05, 0) is 61.4 Å². The number of nitriles is 1. The lowest BCUT2D eigenvalue weighted by atomic mass is 10.1. The van der Waals surface area contributed by atoms with E-state index in [9.17, 15) is 19.2 Å². The molecule has 3 aromatic carbocycles. The summed E-state index contributed by atoms with van der Waals surface area (Å²) in [4.78, 5) is 27.9. The molecule has 0 radical (unpaired) electrons. The molecule has 1 fully saturated rings. The van der Waals surface area contributed by atoms with Gasteiger partial charge in [-0.25, -0.2) is 4.39 Å². The number of nitrogens with zero attached hydrogens (tertiary/aromatic N) is 2. The first-order valence-corrected chi connectivity index (χ1v) is 11.9. The zero-order valence-electron chi connectivity index (χ0n) is 18.9. The molecule has 4 rings (SSSR count). The number of amides is 2. The number of nitrogens with one attached hydrogen (secondary N) is 1. The van der Waals surface area contributed by atoms with Crippen molar-refractivity contribution in [2.24, 2.45) is 0 Å². The maximum Gasteiger partial charge on any atom is 0.269 e. The van der Waals surface area contributed by atoms with Crippen LogP contribution in [0.2, 0.25) is 0 Å². The van der Waals surface area contributed by atoms with Crippen LogP contribution in [0.1, 0.15) is 12.5 Å². The fourth-order valence-corrected chi connectivity index (χ4v) is 4.95. The largest absolute Gasteiger partial charge is 0.494 e. The second-order valence-electron chi connectivity index (χ2n) is 7.61. The quantitative estimate of drug-likeness (QED) is 0.362. The highest BCUT2D eigenvalue weighted by molar-refractivity contribution is 8.05. The number of benzene rings is 3. The highest BCUT2D eigenvalue weighted by atomic mass is 32.2.